The first kappa shape index (κ1) is 16.1. The van der Waals surface area contributed by atoms with E-state index in [-0.39, 0.29) is 30.5 Å². The number of amides is 1. The number of nitrogens with one attached hydrogen (secondary N) is 1. The fraction of sp³-hybridized carbons (Fsp3) is 0.429. The minimum atomic E-state index is -4.79. The number of hydrogen-bond acceptors (Lipinski definition) is 3. The quantitative estimate of drug-likeness (QED) is 0.844. The molecule has 1 aliphatic carbocycles. The maximum atomic E-state index is 12.3. The molecule has 1 amide bonds. The summed E-state index contributed by atoms with van der Waals surface area (Å²) in [6.45, 7) is -0.00190. The lowest BCUT2D eigenvalue weighted by Gasteiger charge is -2.13. The average Bonchev–Trinajstić information content (AvgIpc) is 3.17. The Labute approximate surface area is 124 Å². The number of aliphatic carboxylic acids is 1. The molecule has 5 nitrogen and oxygen atoms in total. The summed E-state index contributed by atoms with van der Waals surface area (Å²) >= 11 is 0. The zero-order chi connectivity index (χ0) is 16.3. The third kappa shape index (κ3) is 4.37. The normalized spacial score (nSPS) is 20.3. The molecule has 0 spiro atoms. The molecular weight excluding hydrogens is 303 g/mol. The molecule has 120 valence electrons. The molecule has 0 aliphatic heterocycles. The van der Waals surface area contributed by atoms with Gasteiger partial charge in [-0.05, 0) is 24.0 Å². The van der Waals surface area contributed by atoms with Crippen LogP contribution in [0.5, 0.6) is 5.75 Å². The molecule has 22 heavy (non-hydrogen) atoms. The van der Waals surface area contributed by atoms with Crippen molar-refractivity contribution in [2.75, 3.05) is 6.54 Å². The molecule has 2 N–H and O–H groups in total. The van der Waals surface area contributed by atoms with Crippen molar-refractivity contribution >= 4 is 11.9 Å². The third-order valence-electron chi connectivity index (χ3n) is 3.31. The highest BCUT2D eigenvalue weighted by molar-refractivity contribution is 5.83. The Hall–Kier alpha value is -2.25. The molecule has 0 saturated heterocycles. The standard InChI is InChI=1S/C14H14F3NO4/c15-14(16,17)22-11-4-2-1-3-8(11)9-7-10(9)13(21)18-6-5-12(19)20/h1-4,9-10H,5-7H2,(H,18,21)(H,19,20)/t9-,10+/m1/s1. The summed E-state index contributed by atoms with van der Waals surface area (Å²) in [5.41, 5.74) is 0.332. The van der Waals surface area contributed by atoms with Crippen LogP contribution in [0.4, 0.5) is 13.2 Å². The smallest absolute Gasteiger partial charge is 0.481 e. The van der Waals surface area contributed by atoms with Gasteiger partial charge in [-0.3, -0.25) is 9.59 Å². The van der Waals surface area contributed by atoms with E-state index < -0.39 is 18.2 Å². The Balaban J connectivity index is 1.97. The van der Waals surface area contributed by atoms with Gasteiger partial charge in [0.25, 0.3) is 0 Å². The lowest BCUT2D eigenvalue weighted by atomic mass is 10.1. The first-order valence-electron chi connectivity index (χ1n) is 6.62. The SMILES string of the molecule is O=C(O)CCNC(=O)[C@H]1C[C@@H]1c1ccccc1OC(F)(F)F. The van der Waals surface area contributed by atoms with Crippen LogP contribution in [0.15, 0.2) is 24.3 Å². The van der Waals surface area contributed by atoms with E-state index >= 15 is 0 Å². The number of rotatable bonds is 6. The average molecular weight is 317 g/mol. The van der Waals surface area contributed by atoms with Crippen LogP contribution in [-0.2, 0) is 9.59 Å². The summed E-state index contributed by atoms with van der Waals surface area (Å²) in [5, 5.41) is 10.9. The fourth-order valence-electron chi connectivity index (χ4n) is 2.26. The van der Waals surface area contributed by atoms with Crippen LogP contribution in [0.1, 0.15) is 24.3 Å². The fourth-order valence-corrected chi connectivity index (χ4v) is 2.26. The van der Waals surface area contributed by atoms with Crippen LogP contribution in [0, 0.1) is 5.92 Å². The Morgan fingerprint density at radius 2 is 2.00 bits per heavy atom. The van der Waals surface area contributed by atoms with Gasteiger partial charge in [-0.25, -0.2) is 0 Å². The highest BCUT2D eigenvalue weighted by Gasteiger charge is 2.46. The lowest BCUT2D eigenvalue weighted by Crippen LogP contribution is -2.27. The second-order valence-corrected chi connectivity index (χ2v) is 4.97. The number of carbonyl (C=O) groups is 2. The van der Waals surface area contributed by atoms with E-state index in [2.05, 4.69) is 10.1 Å². The number of carboxylic acids is 1. The Morgan fingerprint density at radius 3 is 2.64 bits per heavy atom. The molecule has 1 aromatic carbocycles. The molecule has 1 saturated carbocycles. The van der Waals surface area contributed by atoms with Gasteiger partial charge >= 0.3 is 12.3 Å². The van der Waals surface area contributed by atoms with E-state index in [1.54, 1.807) is 6.07 Å². The number of halogens is 3. The number of para-hydroxylation sites is 1. The maximum absolute atomic E-state index is 12.3. The molecule has 0 unspecified atom stereocenters. The zero-order valence-electron chi connectivity index (χ0n) is 11.4. The monoisotopic (exact) mass is 317 g/mol. The summed E-state index contributed by atoms with van der Waals surface area (Å²) in [5.74, 6) is -2.49. The molecule has 0 radical (unpaired) electrons. The highest BCUT2D eigenvalue weighted by Crippen LogP contribution is 2.50. The summed E-state index contributed by atoms with van der Waals surface area (Å²) < 4.78 is 41.0. The Kier molecular flexibility index (Phi) is 4.58. The van der Waals surface area contributed by atoms with Gasteiger partial charge in [0.05, 0.1) is 6.42 Å². The number of ether oxygens (including phenoxy) is 1. The lowest BCUT2D eigenvalue weighted by molar-refractivity contribution is -0.274. The van der Waals surface area contributed by atoms with Gasteiger partial charge in [0.2, 0.25) is 5.91 Å². The first-order valence-corrected chi connectivity index (χ1v) is 6.62. The van der Waals surface area contributed by atoms with E-state index in [0.717, 1.165) is 0 Å². The van der Waals surface area contributed by atoms with Gasteiger partial charge in [0.1, 0.15) is 5.75 Å². The van der Waals surface area contributed by atoms with Crippen molar-refractivity contribution in [3.63, 3.8) is 0 Å². The van der Waals surface area contributed by atoms with Crippen LogP contribution in [0.3, 0.4) is 0 Å². The van der Waals surface area contributed by atoms with Crippen LogP contribution in [0.2, 0.25) is 0 Å². The zero-order valence-corrected chi connectivity index (χ0v) is 11.4. The topological polar surface area (TPSA) is 75.6 Å². The predicted molar refractivity (Wildman–Crippen MR) is 69.2 cm³/mol. The minimum Gasteiger partial charge on any atom is -0.481 e. The van der Waals surface area contributed by atoms with Gasteiger partial charge in [-0.2, -0.15) is 0 Å². The molecule has 8 heteroatoms. The molecular formula is C14H14F3NO4. The van der Waals surface area contributed by atoms with Gasteiger partial charge in [-0.1, -0.05) is 18.2 Å². The van der Waals surface area contributed by atoms with Crippen molar-refractivity contribution in [3.8, 4) is 5.75 Å². The predicted octanol–water partition coefficient (Wildman–Crippen LogP) is 2.28. The van der Waals surface area contributed by atoms with Crippen molar-refractivity contribution in [1.29, 1.82) is 0 Å². The Bertz CT molecular complexity index is 573. The van der Waals surface area contributed by atoms with Crippen LogP contribution in [0.25, 0.3) is 0 Å². The van der Waals surface area contributed by atoms with Crippen molar-refractivity contribution in [2.24, 2.45) is 5.92 Å². The van der Waals surface area contributed by atoms with Gasteiger partial charge in [-0.15, -0.1) is 13.2 Å². The first-order chi connectivity index (χ1) is 10.3. The number of hydrogen-bond donors (Lipinski definition) is 2. The second kappa shape index (κ2) is 6.25. The molecule has 1 fully saturated rings. The van der Waals surface area contributed by atoms with Crippen molar-refractivity contribution < 1.29 is 32.6 Å². The molecule has 2 atom stereocenters. The van der Waals surface area contributed by atoms with E-state index in [1.807, 2.05) is 0 Å². The van der Waals surface area contributed by atoms with E-state index in [4.69, 9.17) is 5.11 Å². The molecule has 0 heterocycles. The van der Waals surface area contributed by atoms with Gasteiger partial charge in [0.15, 0.2) is 0 Å². The van der Waals surface area contributed by atoms with Gasteiger partial charge < -0.3 is 15.2 Å². The van der Waals surface area contributed by atoms with E-state index in [0.29, 0.717) is 12.0 Å². The summed E-state index contributed by atoms with van der Waals surface area (Å²) in [6.07, 6.45) is -4.57. The number of benzene rings is 1. The Morgan fingerprint density at radius 1 is 1.32 bits per heavy atom. The number of carbonyl (C=O) groups excluding carboxylic acids is 1. The maximum Gasteiger partial charge on any atom is 0.573 e. The number of alkyl halides is 3. The van der Waals surface area contributed by atoms with Gasteiger partial charge in [0, 0.05) is 12.5 Å². The van der Waals surface area contributed by atoms with Crippen LogP contribution < -0.4 is 10.1 Å². The molecule has 0 bridgehead atoms. The van der Waals surface area contributed by atoms with Crippen molar-refractivity contribution in [1.82, 2.24) is 5.32 Å². The number of carboxylic acid groups (broad SMARTS) is 1. The molecule has 1 aliphatic rings. The summed E-state index contributed by atoms with van der Waals surface area (Å²) in [6, 6.07) is 5.71. The minimum absolute atomic E-state index is 0.00190. The van der Waals surface area contributed by atoms with Crippen molar-refractivity contribution in [2.45, 2.75) is 25.1 Å². The largest absolute Gasteiger partial charge is 0.573 e. The summed E-state index contributed by atoms with van der Waals surface area (Å²) in [7, 11) is 0. The van der Waals surface area contributed by atoms with Crippen molar-refractivity contribution in [3.05, 3.63) is 29.8 Å². The van der Waals surface area contributed by atoms with E-state index in [9.17, 15) is 22.8 Å². The molecule has 2 rings (SSSR count). The third-order valence-corrected chi connectivity index (χ3v) is 3.31. The highest BCUT2D eigenvalue weighted by atomic mass is 19.4. The molecule has 1 aromatic rings. The second-order valence-electron chi connectivity index (χ2n) is 4.97. The van der Waals surface area contributed by atoms with Crippen LogP contribution in [-0.4, -0.2) is 29.9 Å². The van der Waals surface area contributed by atoms with E-state index in [1.165, 1.54) is 18.2 Å². The summed E-state index contributed by atoms with van der Waals surface area (Å²) in [4.78, 5) is 22.2. The van der Waals surface area contributed by atoms with Crippen LogP contribution >= 0.6 is 0 Å². The molecule has 0 aromatic heterocycles.